The number of rotatable bonds is 6. The fraction of sp³-hybridized carbons (Fsp3) is 0.364. The van der Waals surface area contributed by atoms with Crippen molar-refractivity contribution < 1.29 is 24.6 Å². The molecule has 0 aliphatic carbocycles. The quantitative estimate of drug-likeness (QED) is 0.451. The summed E-state index contributed by atoms with van der Waals surface area (Å²) in [5.41, 5.74) is 0. The Bertz CT molecular complexity index is 366. The number of carbonyl (C=O) groups excluding carboxylic acids is 1. The Labute approximate surface area is 98.6 Å². The third kappa shape index (κ3) is 4.10. The van der Waals surface area contributed by atoms with Crippen LogP contribution in [0.15, 0.2) is 24.8 Å². The molecule has 0 spiro atoms. The van der Waals surface area contributed by atoms with Crippen molar-refractivity contribution in [1.29, 1.82) is 0 Å². The molecule has 0 bridgehead atoms. The van der Waals surface area contributed by atoms with E-state index < -0.39 is 6.16 Å². The summed E-state index contributed by atoms with van der Waals surface area (Å²) in [5, 5.41) is 18.4. The monoisotopic (exact) mass is 241 g/mol. The minimum atomic E-state index is -0.981. The highest BCUT2D eigenvalue weighted by atomic mass is 16.8. The zero-order valence-electron chi connectivity index (χ0n) is 9.33. The lowest BCUT2D eigenvalue weighted by molar-refractivity contribution is 0.0348. The number of aromatic hydroxyl groups is 2. The maximum Gasteiger partial charge on any atom is 0.533 e. The summed E-state index contributed by atoms with van der Waals surface area (Å²) in [5.74, 6) is -0.766. The van der Waals surface area contributed by atoms with Crippen LogP contribution in [0, 0.1) is 0 Å². The van der Waals surface area contributed by atoms with Crippen LogP contribution in [0.5, 0.6) is 11.8 Å². The number of carbonyl (C=O) groups is 1. The van der Waals surface area contributed by atoms with Crippen LogP contribution in [0.2, 0.25) is 0 Å². The fourth-order valence-corrected chi connectivity index (χ4v) is 1.14. The molecule has 0 unspecified atom stereocenters. The molecule has 6 heteroatoms. The van der Waals surface area contributed by atoms with Crippen molar-refractivity contribution in [3.63, 3.8) is 0 Å². The third-order valence-electron chi connectivity index (χ3n) is 1.99. The molecular formula is C11H15NO5. The van der Waals surface area contributed by atoms with Gasteiger partial charge in [0.25, 0.3) is 0 Å². The first-order valence-corrected chi connectivity index (χ1v) is 5.21. The minimum absolute atomic E-state index is 0.218. The summed E-state index contributed by atoms with van der Waals surface area (Å²) < 4.78 is 5.31. The van der Waals surface area contributed by atoms with Crippen LogP contribution in [-0.2, 0) is 4.74 Å². The number of aromatic nitrogens is 1. The third-order valence-corrected chi connectivity index (χ3v) is 1.99. The molecule has 6 nitrogen and oxygen atoms in total. The topological polar surface area (TPSA) is 80.9 Å². The first kappa shape index (κ1) is 13.0. The summed E-state index contributed by atoms with van der Waals surface area (Å²) >= 11 is 0. The van der Waals surface area contributed by atoms with Gasteiger partial charge < -0.3 is 14.9 Å². The lowest BCUT2D eigenvalue weighted by Gasteiger charge is -2.07. The number of ether oxygens (including phenoxy) is 1. The summed E-state index contributed by atoms with van der Waals surface area (Å²) in [7, 11) is 0. The van der Waals surface area contributed by atoms with Crippen LogP contribution in [0.1, 0.15) is 19.3 Å². The van der Waals surface area contributed by atoms with E-state index in [0.29, 0.717) is 11.2 Å². The molecule has 0 radical (unpaired) electrons. The predicted octanol–water partition coefficient (Wildman–Crippen LogP) is 1.82. The van der Waals surface area contributed by atoms with Crippen LogP contribution < -0.4 is 4.84 Å². The van der Waals surface area contributed by atoms with Crippen molar-refractivity contribution in [1.82, 2.24) is 4.73 Å². The SMILES string of the molecule is C=CCCCCOC(=O)On1c(O)ccc1O. The molecule has 0 aliphatic rings. The van der Waals surface area contributed by atoms with E-state index in [2.05, 4.69) is 11.4 Å². The van der Waals surface area contributed by atoms with Gasteiger partial charge in [0, 0.05) is 12.1 Å². The second-order valence-electron chi connectivity index (χ2n) is 3.32. The van der Waals surface area contributed by atoms with Gasteiger partial charge in [0.2, 0.25) is 11.8 Å². The molecule has 0 aliphatic heterocycles. The van der Waals surface area contributed by atoms with E-state index in [1.807, 2.05) is 0 Å². The molecule has 17 heavy (non-hydrogen) atoms. The zero-order valence-corrected chi connectivity index (χ0v) is 9.33. The van der Waals surface area contributed by atoms with Gasteiger partial charge in [0.05, 0.1) is 6.61 Å². The largest absolute Gasteiger partial charge is 0.533 e. The summed E-state index contributed by atoms with van der Waals surface area (Å²) in [4.78, 5) is 15.7. The molecule has 1 rings (SSSR count). The molecule has 0 saturated heterocycles. The Balaban J connectivity index is 2.28. The highest BCUT2D eigenvalue weighted by molar-refractivity contribution is 5.60. The van der Waals surface area contributed by atoms with E-state index in [1.54, 1.807) is 6.08 Å². The molecule has 94 valence electrons. The molecule has 1 aromatic heterocycles. The molecule has 1 heterocycles. The molecule has 1 aromatic rings. The molecule has 0 atom stereocenters. The number of unbranched alkanes of at least 4 members (excludes halogenated alkanes) is 2. The average Bonchev–Trinajstić information content (AvgIpc) is 2.60. The Hall–Kier alpha value is -2.11. The molecule has 2 N–H and O–H groups in total. The van der Waals surface area contributed by atoms with E-state index in [4.69, 9.17) is 4.74 Å². The number of allylic oxidation sites excluding steroid dienone is 1. The Morgan fingerprint density at radius 2 is 2.00 bits per heavy atom. The van der Waals surface area contributed by atoms with Crippen molar-refractivity contribution in [2.24, 2.45) is 0 Å². The molecule has 0 fully saturated rings. The molecule has 0 aromatic carbocycles. The second-order valence-corrected chi connectivity index (χ2v) is 3.32. The van der Waals surface area contributed by atoms with Crippen molar-refractivity contribution in [2.45, 2.75) is 19.3 Å². The van der Waals surface area contributed by atoms with E-state index in [-0.39, 0.29) is 18.4 Å². The van der Waals surface area contributed by atoms with Crippen LogP contribution in [0.4, 0.5) is 4.79 Å². The van der Waals surface area contributed by atoms with Crippen molar-refractivity contribution in [2.75, 3.05) is 6.61 Å². The van der Waals surface area contributed by atoms with E-state index in [9.17, 15) is 15.0 Å². The Morgan fingerprint density at radius 1 is 1.35 bits per heavy atom. The van der Waals surface area contributed by atoms with E-state index >= 15 is 0 Å². The van der Waals surface area contributed by atoms with Crippen LogP contribution in [-0.4, -0.2) is 27.7 Å². The van der Waals surface area contributed by atoms with Crippen LogP contribution in [0.25, 0.3) is 0 Å². The number of hydrogen-bond acceptors (Lipinski definition) is 5. The summed E-state index contributed by atoms with van der Waals surface area (Å²) in [6.07, 6.45) is 3.23. The highest BCUT2D eigenvalue weighted by Crippen LogP contribution is 2.18. The van der Waals surface area contributed by atoms with Crippen LogP contribution >= 0.6 is 0 Å². The molecule has 0 saturated carbocycles. The van der Waals surface area contributed by atoms with Crippen molar-refractivity contribution >= 4 is 6.16 Å². The van der Waals surface area contributed by atoms with Gasteiger partial charge in [-0.15, -0.1) is 11.3 Å². The normalized spacial score (nSPS) is 9.88. The lowest BCUT2D eigenvalue weighted by Crippen LogP contribution is -2.20. The smallest absolute Gasteiger partial charge is 0.492 e. The standard InChI is InChI=1S/C11H15NO5/c1-2-3-4-5-8-16-11(15)17-12-9(13)6-7-10(12)14/h2,6-7,13-14H,1,3-5,8H2. The minimum Gasteiger partial charge on any atom is -0.492 e. The zero-order chi connectivity index (χ0) is 12.7. The molecular weight excluding hydrogens is 226 g/mol. The Kier molecular flexibility index (Phi) is 4.93. The van der Waals surface area contributed by atoms with Gasteiger partial charge in [0.15, 0.2) is 0 Å². The first-order chi connectivity index (χ1) is 8.15. The van der Waals surface area contributed by atoms with E-state index in [1.165, 1.54) is 12.1 Å². The van der Waals surface area contributed by atoms with Crippen LogP contribution in [0.3, 0.4) is 0 Å². The average molecular weight is 241 g/mol. The Morgan fingerprint density at radius 3 is 2.59 bits per heavy atom. The highest BCUT2D eigenvalue weighted by Gasteiger charge is 2.12. The van der Waals surface area contributed by atoms with Gasteiger partial charge in [-0.25, -0.2) is 4.79 Å². The first-order valence-electron chi connectivity index (χ1n) is 5.21. The van der Waals surface area contributed by atoms with Crippen molar-refractivity contribution in [3.8, 4) is 11.8 Å². The number of nitrogens with zero attached hydrogens (tertiary/aromatic N) is 1. The van der Waals surface area contributed by atoms with Gasteiger partial charge in [-0.2, -0.15) is 0 Å². The van der Waals surface area contributed by atoms with E-state index in [0.717, 1.165) is 12.8 Å². The summed E-state index contributed by atoms with van der Waals surface area (Å²) in [6.45, 7) is 3.79. The van der Waals surface area contributed by atoms with Gasteiger partial charge in [0.1, 0.15) is 0 Å². The predicted molar refractivity (Wildman–Crippen MR) is 59.7 cm³/mol. The summed E-state index contributed by atoms with van der Waals surface area (Å²) in [6, 6.07) is 2.37. The maximum atomic E-state index is 11.1. The van der Waals surface area contributed by atoms with Gasteiger partial charge in [-0.05, 0) is 19.3 Å². The fourth-order valence-electron chi connectivity index (χ4n) is 1.14. The lowest BCUT2D eigenvalue weighted by atomic mass is 10.2. The van der Waals surface area contributed by atoms with Gasteiger partial charge >= 0.3 is 6.16 Å². The van der Waals surface area contributed by atoms with Gasteiger partial charge in [-0.3, -0.25) is 4.84 Å². The van der Waals surface area contributed by atoms with Crippen molar-refractivity contribution in [3.05, 3.63) is 24.8 Å². The number of hydrogen-bond donors (Lipinski definition) is 2. The van der Waals surface area contributed by atoms with Gasteiger partial charge in [-0.1, -0.05) is 6.08 Å². The molecule has 0 amide bonds. The maximum absolute atomic E-state index is 11.1. The second kappa shape index (κ2) is 6.47.